The molecule has 0 aliphatic carbocycles. The summed E-state index contributed by atoms with van der Waals surface area (Å²) < 4.78 is 39.7. The van der Waals surface area contributed by atoms with Crippen LogP contribution in [0, 0.1) is 0 Å². The first-order valence-corrected chi connectivity index (χ1v) is 10.2. The van der Waals surface area contributed by atoms with Gasteiger partial charge in [0.2, 0.25) is 0 Å². The maximum atomic E-state index is 13.2. The van der Waals surface area contributed by atoms with Gasteiger partial charge in [0.1, 0.15) is 12.0 Å². The van der Waals surface area contributed by atoms with Crippen molar-refractivity contribution in [1.29, 1.82) is 0 Å². The molecule has 0 radical (unpaired) electrons. The summed E-state index contributed by atoms with van der Waals surface area (Å²) in [5.41, 5.74) is 0.745. The SMILES string of the molecule is CN(C)C(=O)c1cc(-c2ccc(-c3cc(C=O)cc(C(F)(F)F)c3)cn2)c2ccccc2c1O. The molecule has 0 aliphatic rings. The van der Waals surface area contributed by atoms with Crippen LogP contribution in [0.2, 0.25) is 0 Å². The standard InChI is InChI=1S/C26H19F3N2O3/c1-31(2)25(34)22-12-21(19-5-3-4-6-20(19)24(22)33)23-8-7-16(13-30-23)17-9-15(14-32)10-18(11-17)26(27,28)29/h3-14,33H,1-2H3. The van der Waals surface area contributed by atoms with Crippen LogP contribution in [0.25, 0.3) is 33.2 Å². The zero-order valence-electron chi connectivity index (χ0n) is 18.2. The first-order valence-electron chi connectivity index (χ1n) is 10.2. The van der Waals surface area contributed by atoms with Crippen molar-refractivity contribution in [2.45, 2.75) is 6.18 Å². The average molecular weight is 464 g/mol. The molecular formula is C26H19F3N2O3. The number of phenols is 1. The Morgan fingerprint density at radius 3 is 2.26 bits per heavy atom. The van der Waals surface area contributed by atoms with Crippen molar-refractivity contribution >= 4 is 23.0 Å². The first-order chi connectivity index (χ1) is 16.1. The molecule has 4 rings (SSSR count). The third-order valence-corrected chi connectivity index (χ3v) is 5.44. The Morgan fingerprint density at radius 2 is 1.68 bits per heavy atom. The number of halogens is 3. The Hall–Kier alpha value is -4.20. The van der Waals surface area contributed by atoms with E-state index in [1.165, 1.54) is 17.2 Å². The van der Waals surface area contributed by atoms with Crippen molar-refractivity contribution in [3.63, 3.8) is 0 Å². The summed E-state index contributed by atoms with van der Waals surface area (Å²) in [6, 6.07) is 14.9. The number of nitrogens with zero attached hydrogens (tertiary/aromatic N) is 2. The summed E-state index contributed by atoms with van der Waals surface area (Å²) in [5, 5.41) is 11.8. The molecule has 1 amide bonds. The fourth-order valence-corrected chi connectivity index (χ4v) is 3.75. The highest BCUT2D eigenvalue weighted by Crippen LogP contribution is 2.38. The van der Waals surface area contributed by atoms with Crippen LogP contribution in [0.1, 0.15) is 26.3 Å². The normalized spacial score (nSPS) is 11.4. The summed E-state index contributed by atoms with van der Waals surface area (Å²) in [6.45, 7) is 0. The number of amides is 1. The summed E-state index contributed by atoms with van der Waals surface area (Å²) in [5.74, 6) is -0.522. The van der Waals surface area contributed by atoms with Crippen molar-refractivity contribution in [1.82, 2.24) is 9.88 Å². The van der Waals surface area contributed by atoms with Gasteiger partial charge in [-0.2, -0.15) is 13.2 Å². The lowest BCUT2D eigenvalue weighted by Gasteiger charge is -2.16. The minimum atomic E-state index is -4.60. The van der Waals surface area contributed by atoms with Gasteiger partial charge in [-0.05, 0) is 41.3 Å². The predicted molar refractivity (Wildman–Crippen MR) is 123 cm³/mol. The van der Waals surface area contributed by atoms with Gasteiger partial charge in [0.05, 0.1) is 16.8 Å². The molecule has 0 aliphatic heterocycles. The zero-order chi connectivity index (χ0) is 24.6. The van der Waals surface area contributed by atoms with Gasteiger partial charge in [0, 0.05) is 42.4 Å². The third kappa shape index (κ3) is 4.22. The summed E-state index contributed by atoms with van der Waals surface area (Å²) in [7, 11) is 3.15. The van der Waals surface area contributed by atoms with E-state index in [2.05, 4.69) is 4.98 Å². The van der Waals surface area contributed by atoms with Crippen molar-refractivity contribution in [3.8, 4) is 28.1 Å². The topological polar surface area (TPSA) is 70.5 Å². The maximum Gasteiger partial charge on any atom is 0.416 e. The Morgan fingerprint density at radius 1 is 0.971 bits per heavy atom. The molecule has 1 N–H and O–H groups in total. The minimum Gasteiger partial charge on any atom is -0.506 e. The average Bonchev–Trinajstić information content (AvgIpc) is 2.83. The van der Waals surface area contributed by atoms with E-state index in [1.54, 1.807) is 56.6 Å². The van der Waals surface area contributed by atoms with Crippen LogP contribution in [0.4, 0.5) is 13.2 Å². The van der Waals surface area contributed by atoms with E-state index in [-0.39, 0.29) is 28.3 Å². The first kappa shape index (κ1) is 23.0. The van der Waals surface area contributed by atoms with E-state index in [1.807, 2.05) is 0 Å². The predicted octanol–water partition coefficient (Wildman–Crippen LogP) is 5.81. The second-order valence-corrected chi connectivity index (χ2v) is 7.96. The lowest BCUT2D eigenvalue weighted by molar-refractivity contribution is -0.137. The fourth-order valence-electron chi connectivity index (χ4n) is 3.75. The van der Waals surface area contributed by atoms with Crippen LogP contribution < -0.4 is 0 Å². The van der Waals surface area contributed by atoms with Gasteiger partial charge in [0.25, 0.3) is 5.91 Å². The molecule has 1 heterocycles. The van der Waals surface area contributed by atoms with Crippen LogP contribution in [-0.4, -0.2) is 41.3 Å². The van der Waals surface area contributed by atoms with Gasteiger partial charge in [-0.1, -0.05) is 30.3 Å². The number of fused-ring (bicyclic) bond motifs is 1. The molecule has 5 nitrogen and oxygen atoms in total. The fraction of sp³-hybridized carbons (Fsp3) is 0.115. The molecule has 0 bridgehead atoms. The Balaban J connectivity index is 1.85. The highest BCUT2D eigenvalue weighted by molar-refractivity contribution is 6.08. The van der Waals surface area contributed by atoms with Crippen LogP contribution >= 0.6 is 0 Å². The molecule has 34 heavy (non-hydrogen) atoms. The molecule has 0 saturated carbocycles. The van der Waals surface area contributed by atoms with E-state index in [9.17, 15) is 27.9 Å². The summed E-state index contributed by atoms with van der Waals surface area (Å²) >= 11 is 0. The van der Waals surface area contributed by atoms with E-state index < -0.39 is 11.7 Å². The minimum absolute atomic E-state index is 0.0923. The molecule has 172 valence electrons. The van der Waals surface area contributed by atoms with Crippen molar-refractivity contribution < 1.29 is 27.9 Å². The highest BCUT2D eigenvalue weighted by atomic mass is 19.4. The monoisotopic (exact) mass is 464 g/mol. The molecule has 4 aromatic rings. The number of aldehydes is 1. The van der Waals surface area contributed by atoms with E-state index in [0.717, 1.165) is 12.1 Å². The molecular weight excluding hydrogens is 445 g/mol. The van der Waals surface area contributed by atoms with Gasteiger partial charge >= 0.3 is 6.18 Å². The van der Waals surface area contributed by atoms with Crippen molar-refractivity contribution in [2.75, 3.05) is 14.1 Å². The zero-order valence-corrected chi connectivity index (χ0v) is 18.2. The second-order valence-electron chi connectivity index (χ2n) is 7.96. The third-order valence-electron chi connectivity index (χ3n) is 5.44. The number of hydrogen-bond donors (Lipinski definition) is 1. The van der Waals surface area contributed by atoms with Crippen LogP contribution in [0.15, 0.2) is 66.9 Å². The molecule has 8 heteroatoms. The Labute approximate surface area is 193 Å². The maximum absolute atomic E-state index is 13.2. The van der Waals surface area contributed by atoms with Crippen LogP contribution in [-0.2, 0) is 6.18 Å². The molecule has 0 atom stereocenters. The number of alkyl halides is 3. The number of aromatic nitrogens is 1. The van der Waals surface area contributed by atoms with Gasteiger partial charge in [-0.15, -0.1) is 0 Å². The molecule has 0 spiro atoms. The summed E-state index contributed by atoms with van der Waals surface area (Å²) in [4.78, 5) is 29.6. The van der Waals surface area contributed by atoms with E-state index in [0.29, 0.717) is 33.9 Å². The van der Waals surface area contributed by atoms with Crippen LogP contribution in [0.5, 0.6) is 5.75 Å². The smallest absolute Gasteiger partial charge is 0.416 e. The number of phenolic OH excluding ortho intramolecular Hbond substituents is 1. The highest BCUT2D eigenvalue weighted by Gasteiger charge is 2.31. The van der Waals surface area contributed by atoms with Crippen molar-refractivity contribution in [2.24, 2.45) is 0 Å². The Bertz CT molecular complexity index is 1410. The van der Waals surface area contributed by atoms with Gasteiger partial charge < -0.3 is 10.0 Å². The van der Waals surface area contributed by atoms with E-state index in [4.69, 9.17) is 0 Å². The molecule has 3 aromatic carbocycles. The number of pyridine rings is 1. The van der Waals surface area contributed by atoms with Crippen LogP contribution in [0.3, 0.4) is 0 Å². The van der Waals surface area contributed by atoms with Gasteiger partial charge in [-0.3, -0.25) is 14.6 Å². The molecule has 1 aromatic heterocycles. The summed E-state index contributed by atoms with van der Waals surface area (Å²) in [6.07, 6.45) is -2.82. The van der Waals surface area contributed by atoms with Gasteiger partial charge in [-0.25, -0.2) is 0 Å². The second kappa shape index (κ2) is 8.62. The Kier molecular flexibility index (Phi) is 5.83. The molecule has 0 saturated heterocycles. The number of aromatic hydroxyl groups is 1. The number of carbonyl (C=O) groups excluding carboxylic acids is 2. The quantitative estimate of drug-likeness (QED) is 0.387. The number of carbonyl (C=O) groups is 2. The molecule has 0 fully saturated rings. The van der Waals surface area contributed by atoms with E-state index >= 15 is 0 Å². The largest absolute Gasteiger partial charge is 0.506 e. The lowest BCUT2D eigenvalue weighted by atomic mass is 9.95. The van der Waals surface area contributed by atoms with Gasteiger partial charge in [0.15, 0.2) is 0 Å². The number of benzene rings is 3. The lowest BCUT2D eigenvalue weighted by Crippen LogP contribution is -2.21. The number of rotatable bonds is 4. The van der Waals surface area contributed by atoms with Crippen molar-refractivity contribution in [3.05, 3.63) is 83.6 Å². The number of hydrogen-bond acceptors (Lipinski definition) is 4. The molecule has 0 unspecified atom stereocenters.